The van der Waals surface area contributed by atoms with E-state index in [-0.39, 0.29) is 12.4 Å². The quantitative estimate of drug-likeness (QED) is 0.419. The molecule has 3 heteroatoms. The molecule has 0 spiro atoms. The maximum Gasteiger partial charge on any atom is 0.0946 e. The molecule has 0 heterocycles. The summed E-state index contributed by atoms with van der Waals surface area (Å²) in [6, 6.07) is 0. The van der Waals surface area contributed by atoms with Gasteiger partial charge in [-0.1, -0.05) is 11.2 Å². The Bertz CT molecular complexity index is 14.4. The molecule has 0 aromatic rings. The van der Waals surface area contributed by atoms with Gasteiger partial charge in [-0.25, -0.2) is 0 Å². The van der Waals surface area contributed by atoms with Crippen LogP contribution in [0.3, 0.4) is 0 Å². The van der Waals surface area contributed by atoms with Gasteiger partial charge in [0.25, 0.3) is 0 Å². The van der Waals surface area contributed by atoms with Crippen LogP contribution in [-0.4, -0.2) is 17.1 Å². The molecule has 0 aliphatic carbocycles. The number of hydrogen-bond donors (Lipinski definition) is 0. The second kappa shape index (κ2) is 4.60. The molecule has 0 aliphatic heterocycles. The van der Waals surface area contributed by atoms with Gasteiger partial charge in [0, 0.05) is 0 Å². The van der Waals surface area contributed by atoms with Gasteiger partial charge in [-0.15, -0.1) is 12.4 Å². The largest absolute Gasteiger partial charge is 0.617 e. The zero-order valence-electron chi connectivity index (χ0n) is 3.22. The molecule has 0 saturated heterocycles. The predicted molar refractivity (Wildman–Crippen MR) is 27.2 cm³/mol. The molecule has 0 bridgehead atoms. The predicted octanol–water partition coefficient (Wildman–Crippen LogP) is 0.417. The van der Waals surface area contributed by atoms with Crippen molar-refractivity contribution in [1.29, 1.82) is 0 Å². The Morgan fingerprint density at radius 3 is 1.40 bits per heavy atom. The fraction of sp³-hybridized carbons (Fsp3) is 1.00. The summed E-state index contributed by atoms with van der Waals surface area (Å²) in [5, 5.41) is 0. The van der Waals surface area contributed by atoms with Crippen molar-refractivity contribution in [2.75, 3.05) is 12.5 Å². The van der Waals surface area contributed by atoms with Crippen molar-refractivity contribution in [3.05, 3.63) is 0 Å². The molecule has 0 radical (unpaired) electrons. The smallest absolute Gasteiger partial charge is 0.0946 e. The van der Waals surface area contributed by atoms with Gasteiger partial charge in [-0.05, 0) is 0 Å². The first-order valence-electron chi connectivity index (χ1n) is 0.983. The molecule has 0 aliphatic rings. The van der Waals surface area contributed by atoms with E-state index in [1.54, 1.807) is 12.5 Å². The van der Waals surface area contributed by atoms with Crippen molar-refractivity contribution in [1.82, 2.24) is 0 Å². The summed E-state index contributed by atoms with van der Waals surface area (Å²) in [4.78, 5) is 0. The van der Waals surface area contributed by atoms with E-state index >= 15 is 0 Å². The molecule has 0 fully saturated rings. The van der Waals surface area contributed by atoms with Crippen molar-refractivity contribution >= 4 is 23.6 Å². The Kier molecular flexibility index (Phi) is 8.41. The molecule has 0 unspecified atom stereocenters. The van der Waals surface area contributed by atoms with Crippen LogP contribution in [0.5, 0.6) is 0 Å². The molecule has 0 rings (SSSR count). The molecule has 0 aromatic heterocycles. The minimum absolute atomic E-state index is 0. The van der Waals surface area contributed by atoms with Gasteiger partial charge in [0.2, 0.25) is 0 Å². The van der Waals surface area contributed by atoms with Crippen molar-refractivity contribution in [3.8, 4) is 0 Å². The molecule has 1 nitrogen and oxygen atoms in total. The lowest BCUT2D eigenvalue weighted by Gasteiger charge is -1.87. The number of hydrogen-bond acceptors (Lipinski definition) is 1. The Labute approximate surface area is 41.4 Å². The third-order valence-corrected chi connectivity index (χ3v) is 0. The van der Waals surface area contributed by atoms with E-state index in [1.165, 1.54) is 0 Å². The van der Waals surface area contributed by atoms with E-state index < -0.39 is 11.2 Å². The summed E-state index contributed by atoms with van der Waals surface area (Å²) >= 11 is -0.611. The fourth-order valence-corrected chi connectivity index (χ4v) is 0. The maximum atomic E-state index is 9.56. The highest BCUT2D eigenvalue weighted by molar-refractivity contribution is 7.89. The Morgan fingerprint density at radius 1 is 1.40 bits per heavy atom. The van der Waals surface area contributed by atoms with Gasteiger partial charge >= 0.3 is 0 Å². The lowest BCUT2D eigenvalue weighted by molar-refractivity contribution is 0.606. The van der Waals surface area contributed by atoms with Crippen LogP contribution in [0.15, 0.2) is 0 Å². The van der Waals surface area contributed by atoms with Crippen LogP contribution < -0.4 is 0 Å². The van der Waals surface area contributed by atoms with E-state index in [0.29, 0.717) is 0 Å². The summed E-state index contributed by atoms with van der Waals surface area (Å²) in [5.41, 5.74) is 0. The third-order valence-electron chi connectivity index (χ3n) is 0. The Hall–Kier alpha value is 0.600. The summed E-state index contributed by atoms with van der Waals surface area (Å²) < 4.78 is 9.56. The van der Waals surface area contributed by atoms with Crippen molar-refractivity contribution < 1.29 is 4.55 Å². The minimum atomic E-state index is -0.611. The van der Waals surface area contributed by atoms with Crippen LogP contribution in [0.2, 0.25) is 0 Å². The molecule has 5 heavy (non-hydrogen) atoms. The molecule has 0 aromatic carbocycles. The molecule has 0 saturated carbocycles. The topological polar surface area (TPSA) is 23.1 Å². The molecule has 0 atom stereocenters. The standard InChI is InChI=1S/C2H6OS.ClH/c1-4(2)3;/h1-2H3;1H. The Morgan fingerprint density at radius 2 is 1.40 bits per heavy atom. The van der Waals surface area contributed by atoms with Crippen LogP contribution in [-0.2, 0) is 11.2 Å². The van der Waals surface area contributed by atoms with Crippen LogP contribution in [0.1, 0.15) is 0 Å². The molecular weight excluding hydrogens is 108 g/mol. The fourth-order valence-electron chi connectivity index (χ4n) is 0. The highest BCUT2D eigenvalue weighted by Crippen LogP contribution is 1.61. The normalized spacial score (nSPS) is 7.20. The first-order valence-corrected chi connectivity index (χ1v) is 2.95. The van der Waals surface area contributed by atoms with E-state index in [4.69, 9.17) is 0 Å². The van der Waals surface area contributed by atoms with Crippen molar-refractivity contribution in [2.45, 2.75) is 0 Å². The van der Waals surface area contributed by atoms with Crippen LogP contribution in [0.25, 0.3) is 0 Å². The lowest BCUT2D eigenvalue weighted by Crippen LogP contribution is -1.86. The van der Waals surface area contributed by atoms with Crippen LogP contribution >= 0.6 is 12.4 Å². The van der Waals surface area contributed by atoms with Gasteiger partial charge in [-0.3, -0.25) is 0 Å². The van der Waals surface area contributed by atoms with Gasteiger partial charge in [0.1, 0.15) is 0 Å². The van der Waals surface area contributed by atoms with Gasteiger partial charge in [0.05, 0.1) is 12.5 Å². The number of rotatable bonds is 0. The lowest BCUT2D eigenvalue weighted by atomic mass is 11.9. The average Bonchev–Trinajstić information content (AvgIpc) is 0.811. The monoisotopic (exact) mass is 114 g/mol. The van der Waals surface area contributed by atoms with Gasteiger partial charge < -0.3 is 4.55 Å². The summed E-state index contributed by atoms with van der Waals surface area (Å²) in [6.07, 6.45) is 3.28. The van der Waals surface area contributed by atoms with E-state index in [2.05, 4.69) is 0 Å². The maximum absolute atomic E-state index is 9.56. The first kappa shape index (κ1) is 9.14. The summed E-state index contributed by atoms with van der Waals surface area (Å²) in [5.74, 6) is 0. The Balaban J connectivity index is 0. The van der Waals surface area contributed by atoms with Gasteiger partial charge in [0.15, 0.2) is 0 Å². The molecular formula is C2H7ClOS. The second-order valence-electron chi connectivity index (χ2n) is 0.742. The van der Waals surface area contributed by atoms with E-state index in [1.807, 2.05) is 0 Å². The number of halogens is 1. The van der Waals surface area contributed by atoms with Crippen LogP contribution in [0.4, 0.5) is 0 Å². The van der Waals surface area contributed by atoms with E-state index in [0.717, 1.165) is 0 Å². The summed E-state index contributed by atoms with van der Waals surface area (Å²) in [7, 11) is 0. The van der Waals surface area contributed by atoms with Gasteiger partial charge in [-0.2, -0.15) is 0 Å². The molecule has 0 N–H and O–H groups in total. The first-order chi connectivity index (χ1) is 1.73. The zero-order valence-corrected chi connectivity index (χ0v) is 4.86. The third kappa shape index (κ3) is 86.4. The highest BCUT2D eigenvalue weighted by atomic mass is 35.5. The molecule has 34 valence electrons. The second-order valence-corrected chi connectivity index (χ2v) is 2.22. The molecule has 0 amide bonds. The average molecular weight is 115 g/mol. The SMILES string of the molecule is C[S+](C)[O-].Cl. The van der Waals surface area contributed by atoms with E-state index in [9.17, 15) is 4.55 Å². The van der Waals surface area contributed by atoms with Crippen molar-refractivity contribution in [2.24, 2.45) is 0 Å². The summed E-state index contributed by atoms with van der Waals surface area (Å²) in [6.45, 7) is 0. The zero-order chi connectivity index (χ0) is 3.58. The highest BCUT2D eigenvalue weighted by Gasteiger charge is 1.66. The minimum Gasteiger partial charge on any atom is -0.617 e. The van der Waals surface area contributed by atoms with Crippen molar-refractivity contribution in [3.63, 3.8) is 0 Å². The van der Waals surface area contributed by atoms with Crippen LogP contribution in [0, 0.1) is 0 Å².